The van der Waals surface area contributed by atoms with E-state index in [1.807, 2.05) is 0 Å². The number of fused-ring (bicyclic) bond motifs is 1. The van der Waals surface area contributed by atoms with Gasteiger partial charge in [0.2, 0.25) is 0 Å². The molecule has 2 rings (SSSR count). The van der Waals surface area contributed by atoms with Crippen molar-refractivity contribution >= 4 is 11.8 Å². The lowest BCUT2D eigenvalue weighted by atomic mass is 10.1. The van der Waals surface area contributed by atoms with Crippen LogP contribution in [0.1, 0.15) is 45.8 Å². The van der Waals surface area contributed by atoms with Crippen LogP contribution in [0.2, 0.25) is 0 Å². The molecule has 5 heteroatoms. The largest absolute Gasteiger partial charge is 0.476 e. The molecule has 0 bridgehead atoms. The highest BCUT2D eigenvalue weighted by atomic mass is 16.4. The fourth-order valence-electron chi connectivity index (χ4n) is 2.03. The second kappa shape index (κ2) is 3.49. The monoisotopic (exact) mass is 208 g/mol. The zero-order valence-corrected chi connectivity index (χ0v) is 8.49. The van der Waals surface area contributed by atoms with Crippen molar-refractivity contribution in [3.63, 3.8) is 0 Å². The van der Waals surface area contributed by atoms with Gasteiger partial charge in [-0.2, -0.15) is 5.10 Å². The third-order valence-corrected chi connectivity index (χ3v) is 2.69. The molecule has 0 radical (unpaired) electrons. The fraction of sp³-hybridized carbons (Fsp3) is 0.500. The Morgan fingerprint density at radius 2 is 2.07 bits per heavy atom. The molecule has 0 fully saturated rings. The van der Waals surface area contributed by atoms with Crippen LogP contribution in [0.15, 0.2) is 0 Å². The molecule has 1 aliphatic carbocycles. The van der Waals surface area contributed by atoms with E-state index in [2.05, 4.69) is 5.10 Å². The van der Waals surface area contributed by atoms with Crippen LogP contribution < -0.4 is 0 Å². The maximum Gasteiger partial charge on any atom is 0.356 e. The van der Waals surface area contributed by atoms with Gasteiger partial charge in [-0.15, -0.1) is 0 Å². The lowest BCUT2D eigenvalue weighted by Crippen LogP contribution is -2.06. The van der Waals surface area contributed by atoms with E-state index >= 15 is 0 Å². The van der Waals surface area contributed by atoms with E-state index in [0.717, 1.165) is 12.8 Å². The van der Waals surface area contributed by atoms with Gasteiger partial charge in [0.1, 0.15) is 5.69 Å². The molecule has 1 N–H and O–H groups in total. The Morgan fingerprint density at radius 1 is 1.40 bits per heavy atom. The first-order chi connectivity index (χ1) is 7.11. The van der Waals surface area contributed by atoms with Gasteiger partial charge in [-0.25, -0.2) is 4.79 Å². The van der Waals surface area contributed by atoms with Crippen molar-refractivity contribution in [1.29, 1.82) is 0 Å². The van der Waals surface area contributed by atoms with Crippen molar-refractivity contribution in [1.82, 2.24) is 9.78 Å². The molecule has 0 aliphatic heterocycles. The molecule has 5 nitrogen and oxygen atoms in total. The van der Waals surface area contributed by atoms with E-state index in [1.165, 1.54) is 4.68 Å². The van der Waals surface area contributed by atoms with Gasteiger partial charge in [-0.1, -0.05) is 0 Å². The number of aromatic carboxylic acids is 1. The predicted molar refractivity (Wildman–Crippen MR) is 52.1 cm³/mol. The van der Waals surface area contributed by atoms with E-state index in [4.69, 9.17) is 5.11 Å². The molecular formula is C10H12N2O3. The number of carbonyl (C=O) groups is 2. The van der Waals surface area contributed by atoms with Gasteiger partial charge in [-0.3, -0.25) is 9.48 Å². The predicted octanol–water partition coefficient (Wildman–Crippen LogP) is 1.03. The van der Waals surface area contributed by atoms with Gasteiger partial charge in [0.05, 0.1) is 0 Å². The SMILES string of the molecule is Cn1nc(C(=O)O)c2c1C(=O)CCCC2. The molecule has 0 aromatic carbocycles. The first-order valence-electron chi connectivity index (χ1n) is 4.93. The number of ketones is 1. The van der Waals surface area contributed by atoms with Crippen LogP contribution in [-0.2, 0) is 13.5 Å². The lowest BCUT2D eigenvalue weighted by molar-refractivity contribution is 0.0688. The zero-order chi connectivity index (χ0) is 11.0. The number of nitrogens with zero attached hydrogens (tertiary/aromatic N) is 2. The average molecular weight is 208 g/mol. The summed E-state index contributed by atoms with van der Waals surface area (Å²) in [6.45, 7) is 0. The smallest absolute Gasteiger partial charge is 0.356 e. The third kappa shape index (κ3) is 1.54. The Hall–Kier alpha value is -1.65. The first kappa shape index (κ1) is 9.89. The van der Waals surface area contributed by atoms with Crippen molar-refractivity contribution in [2.45, 2.75) is 25.7 Å². The Morgan fingerprint density at radius 3 is 2.73 bits per heavy atom. The molecule has 1 heterocycles. The van der Waals surface area contributed by atoms with E-state index in [0.29, 0.717) is 24.1 Å². The van der Waals surface area contributed by atoms with Crippen LogP contribution >= 0.6 is 0 Å². The molecule has 0 saturated heterocycles. The van der Waals surface area contributed by atoms with Crippen LogP contribution in [0.25, 0.3) is 0 Å². The summed E-state index contributed by atoms with van der Waals surface area (Å²) in [5, 5.41) is 12.8. The summed E-state index contributed by atoms with van der Waals surface area (Å²) in [6, 6.07) is 0. The van der Waals surface area contributed by atoms with Crippen molar-refractivity contribution < 1.29 is 14.7 Å². The van der Waals surface area contributed by atoms with Crippen molar-refractivity contribution in [3.8, 4) is 0 Å². The number of aryl methyl sites for hydroxylation is 1. The van der Waals surface area contributed by atoms with E-state index in [1.54, 1.807) is 7.05 Å². The number of hydrogen-bond donors (Lipinski definition) is 1. The quantitative estimate of drug-likeness (QED) is 0.699. The zero-order valence-electron chi connectivity index (χ0n) is 8.49. The molecule has 0 spiro atoms. The second-order valence-electron chi connectivity index (χ2n) is 3.73. The summed E-state index contributed by atoms with van der Waals surface area (Å²) >= 11 is 0. The van der Waals surface area contributed by atoms with Gasteiger partial charge in [0.25, 0.3) is 0 Å². The van der Waals surface area contributed by atoms with E-state index in [9.17, 15) is 9.59 Å². The summed E-state index contributed by atoms with van der Waals surface area (Å²) in [5.74, 6) is -1.05. The standard InChI is InChI=1S/C10H12N2O3/c1-12-9-6(8(11-12)10(14)15)4-2-3-5-7(9)13/h2-5H2,1H3,(H,14,15). The van der Waals surface area contributed by atoms with Gasteiger partial charge in [0.15, 0.2) is 11.5 Å². The average Bonchev–Trinajstić information content (AvgIpc) is 2.37. The van der Waals surface area contributed by atoms with Gasteiger partial charge >= 0.3 is 5.97 Å². The maximum atomic E-state index is 11.7. The van der Waals surface area contributed by atoms with Gasteiger partial charge < -0.3 is 5.11 Å². The summed E-state index contributed by atoms with van der Waals surface area (Å²) in [7, 11) is 1.62. The number of carbonyl (C=O) groups excluding carboxylic acids is 1. The highest BCUT2D eigenvalue weighted by Gasteiger charge is 2.26. The van der Waals surface area contributed by atoms with Crippen LogP contribution in [0.3, 0.4) is 0 Å². The summed E-state index contributed by atoms with van der Waals surface area (Å²) in [6.07, 6.45) is 2.80. The topological polar surface area (TPSA) is 72.2 Å². The fourth-order valence-corrected chi connectivity index (χ4v) is 2.03. The molecule has 1 aliphatic rings. The van der Waals surface area contributed by atoms with Crippen molar-refractivity contribution in [3.05, 3.63) is 17.0 Å². The van der Waals surface area contributed by atoms with Crippen molar-refractivity contribution in [2.75, 3.05) is 0 Å². The molecule has 1 aromatic rings. The normalized spacial score (nSPS) is 15.9. The Labute approximate surface area is 86.7 Å². The molecule has 0 atom stereocenters. The number of carboxylic acid groups (broad SMARTS) is 1. The third-order valence-electron chi connectivity index (χ3n) is 2.69. The molecule has 0 amide bonds. The van der Waals surface area contributed by atoms with Crippen LogP contribution in [0.4, 0.5) is 0 Å². The Bertz CT molecular complexity index is 434. The molecule has 15 heavy (non-hydrogen) atoms. The second-order valence-corrected chi connectivity index (χ2v) is 3.73. The molecular weight excluding hydrogens is 196 g/mol. The number of aromatic nitrogens is 2. The number of carboxylic acids is 1. The summed E-state index contributed by atoms with van der Waals surface area (Å²) in [5.41, 5.74) is 1.11. The maximum absolute atomic E-state index is 11.7. The van der Waals surface area contributed by atoms with Gasteiger partial charge in [-0.05, 0) is 19.3 Å². The Kier molecular flexibility index (Phi) is 2.30. The minimum Gasteiger partial charge on any atom is -0.476 e. The molecule has 1 aromatic heterocycles. The first-order valence-corrected chi connectivity index (χ1v) is 4.93. The van der Waals surface area contributed by atoms with Crippen LogP contribution in [0, 0.1) is 0 Å². The number of rotatable bonds is 1. The van der Waals surface area contributed by atoms with Crippen molar-refractivity contribution in [2.24, 2.45) is 7.05 Å². The van der Waals surface area contributed by atoms with E-state index in [-0.39, 0.29) is 11.5 Å². The van der Waals surface area contributed by atoms with Crippen LogP contribution in [-0.4, -0.2) is 26.6 Å². The van der Waals surface area contributed by atoms with Gasteiger partial charge in [0, 0.05) is 19.0 Å². The molecule has 0 saturated carbocycles. The minimum absolute atomic E-state index is 0.00463. The number of hydrogen-bond acceptors (Lipinski definition) is 3. The Balaban J connectivity index is 2.60. The van der Waals surface area contributed by atoms with Crippen LogP contribution in [0.5, 0.6) is 0 Å². The molecule has 0 unspecified atom stereocenters. The highest BCUT2D eigenvalue weighted by molar-refractivity contribution is 5.99. The number of Topliss-reactive ketones (excluding diaryl/α,β-unsaturated/α-hetero) is 1. The summed E-state index contributed by atoms with van der Waals surface area (Å²) < 4.78 is 1.40. The highest BCUT2D eigenvalue weighted by Crippen LogP contribution is 2.23. The minimum atomic E-state index is -1.05. The van der Waals surface area contributed by atoms with E-state index < -0.39 is 5.97 Å². The summed E-state index contributed by atoms with van der Waals surface area (Å²) in [4.78, 5) is 22.6. The lowest BCUT2D eigenvalue weighted by Gasteiger charge is -1.98. The molecule has 80 valence electrons.